The van der Waals surface area contributed by atoms with Gasteiger partial charge in [-0.3, -0.25) is 4.79 Å². The molecule has 0 unspecified atom stereocenters. The number of piperidine rings is 1. The van der Waals surface area contributed by atoms with Gasteiger partial charge in [-0.25, -0.2) is 4.98 Å². The molecule has 1 aliphatic heterocycles. The summed E-state index contributed by atoms with van der Waals surface area (Å²) in [7, 11) is 1.74. The Labute approximate surface area is 145 Å². The Hall–Kier alpha value is -2.10. The van der Waals surface area contributed by atoms with Gasteiger partial charge in [0, 0.05) is 25.6 Å². The average molecular weight is 347 g/mol. The largest absolute Gasteiger partial charge is 0.378 e. The summed E-state index contributed by atoms with van der Waals surface area (Å²) in [4.78, 5) is 21.1. The van der Waals surface area contributed by atoms with Gasteiger partial charge >= 0.3 is 0 Å². The molecule has 3 rings (SSSR count). The molecule has 2 aromatic heterocycles. The standard InChI is InChI=1S/C17H19ClN4O2/c1-3-17(24-2)4-6-22(7-5-17)15-11-8-14(18)20-10-13(11)21-16(23)12(15)9-19/h8,10H,3-7H2,1-2H3,(H,21,23). The summed E-state index contributed by atoms with van der Waals surface area (Å²) in [5.74, 6) is 0. The molecule has 0 saturated carbocycles. The van der Waals surface area contributed by atoms with E-state index in [1.54, 1.807) is 13.2 Å². The molecule has 1 fully saturated rings. The van der Waals surface area contributed by atoms with Crippen molar-refractivity contribution in [2.75, 3.05) is 25.1 Å². The molecule has 0 atom stereocenters. The number of rotatable bonds is 3. The number of aromatic amines is 1. The number of methoxy groups -OCH3 is 1. The van der Waals surface area contributed by atoms with Crippen LogP contribution in [0.3, 0.4) is 0 Å². The second-order valence-electron chi connectivity index (χ2n) is 6.07. The van der Waals surface area contributed by atoms with Crippen LogP contribution in [0, 0.1) is 11.3 Å². The summed E-state index contributed by atoms with van der Waals surface area (Å²) in [5, 5.41) is 10.6. The number of nitriles is 1. The van der Waals surface area contributed by atoms with Gasteiger partial charge in [-0.1, -0.05) is 18.5 Å². The van der Waals surface area contributed by atoms with Gasteiger partial charge in [0.15, 0.2) is 0 Å². The maximum absolute atomic E-state index is 12.3. The molecule has 0 amide bonds. The highest BCUT2D eigenvalue weighted by molar-refractivity contribution is 6.30. The van der Waals surface area contributed by atoms with E-state index in [9.17, 15) is 10.1 Å². The second kappa shape index (κ2) is 6.42. The number of nitrogens with zero attached hydrogens (tertiary/aromatic N) is 3. The van der Waals surface area contributed by atoms with Gasteiger partial charge in [0.05, 0.1) is 23.0 Å². The molecule has 0 bridgehead atoms. The number of anilines is 1. The number of halogens is 1. The Kier molecular flexibility index (Phi) is 4.48. The van der Waals surface area contributed by atoms with Crippen molar-refractivity contribution in [2.45, 2.75) is 31.8 Å². The van der Waals surface area contributed by atoms with E-state index in [1.165, 1.54) is 6.20 Å². The van der Waals surface area contributed by atoms with Crippen LogP contribution >= 0.6 is 11.6 Å². The molecule has 6 nitrogen and oxygen atoms in total. The molecule has 24 heavy (non-hydrogen) atoms. The van der Waals surface area contributed by atoms with E-state index in [2.05, 4.69) is 21.8 Å². The van der Waals surface area contributed by atoms with E-state index < -0.39 is 5.56 Å². The molecule has 3 heterocycles. The van der Waals surface area contributed by atoms with Crippen molar-refractivity contribution >= 4 is 28.2 Å². The third-order valence-corrected chi connectivity index (χ3v) is 5.22. The van der Waals surface area contributed by atoms with Crippen LogP contribution in [0.1, 0.15) is 31.7 Å². The molecule has 0 aliphatic carbocycles. The van der Waals surface area contributed by atoms with Gasteiger partial charge < -0.3 is 14.6 Å². The van der Waals surface area contributed by atoms with Crippen molar-refractivity contribution in [3.63, 3.8) is 0 Å². The fourth-order valence-corrected chi connectivity index (χ4v) is 3.58. The van der Waals surface area contributed by atoms with Crippen LogP contribution in [-0.2, 0) is 4.74 Å². The summed E-state index contributed by atoms with van der Waals surface area (Å²) >= 11 is 6.03. The molecular formula is C17H19ClN4O2. The monoisotopic (exact) mass is 346 g/mol. The summed E-state index contributed by atoms with van der Waals surface area (Å²) in [6.45, 7) is 3.55. The van der Waals surface area contributed by atoms with Crippen molar-refractivity contribution in [1.82, 2.24) is 9.97 Å². The molecule has 0 radical (unpaired) electrons. The maximum Gasteiger partial charge on any atom is 0.268 e. The SMILES string of the molecule is CCC1(OC)CCN(c2c(C#N)c(=O)[nH]c3cnc(Cl)cc23)CC1. The fraction of sp³-hybridized carbons (Fsp3) is 0.471. The minimum absolute atomic E-state index is 0.117. The second-order valence-corrected chi connectivity index (χ2v) is 6.46. The molecule has 1 saturated heterocycles. The van der Waals surface area contributed by atoms with Crippen LogP contribution in [0.25, 0.3) is 10.9 Å². The van der Waals surface area contributed by atoms with Crippen molar-refractivity contribution in [3.05, 3.63) is 33.3 Å². The number of H-pyrrole nitrogens is 1. The highest BCUT2D eigenvalue weighted by atomic mass is 35.5. The molecule has 1 N–H and O–H groups in total. The third kappa shape index (κ3) is 2.74. The van der Waals surface area contributed by atoms with Crippen molar-refractivity contribution in [1.29, 1.82) is 5.26 Å². The van der Waals surface area contributed by atoms with Crippen LogP contribution in [0.4, 0.5) is 5.69 Å². The first kappa shape index (κ1) is 16.7. The Bertz CT molecular complexity index is 857. The highest BCUT2D eigenvalue weighted by Gasteiger charge is 2.34. The molecule has 7 heteroatoms. The lowest BCUT2D eigenvalue weighted by atomic mass is 9.88. The number of fused-ring (bicyclic) bond motifs is 1. The maximum atomic E-state index is 12.3. The third-order valence-electron chi connectivity index (χ3n) is 5.02. The molecule has 0 aromatic carbocycles. The van der Waals surface area contributed by atoms with Gasteiger partial charge in [-0.2, -0.15) is 5.26 Å². The molecule has 2 aromatic rings. The van der Waals surface area contributed by atoms with E-state index in [-0.39, 0.29) is 11.2 Å². The number of ether oxygens (including phenoxy) is 1. The van der Waals surface area contributed by atoms with Gasteiger partial charge in [0.25, 0.3) is 5.56 Å². The van der Waals surface area contributed by atoms with E-state index in [0.717, 1.165) is 37.7 Å². The average Bonchev–Trinajstić information content (AvgIpc) is 2.61. The van der Waals surface area contributed by atoms with Gasteiger partial charge in [-0.05, 0) is 25.3 Å². The minimum Gasteiger partial charge on any atom is -0.378 e. The minimum atomic E-state index is -0.400. The first-order chi connectivity index (χ1) is 11.5. The normalized spacial score (nSPS) is 17.0. The van der Waals surface area contributed by atoms with Gasteiger partial charge in [0.2, 0.25) is 0 Å². The summed E-state index contributed by atoms with van der Waals surface area (Å²) < 4.78 is 5.71. The van der Waals surface area contributed by atoms with Crippen LogP contribution in [0.5, 0.6) is 0 Å². The van der Waals surface area contributed by atoms with Crippen LogP contribution in [0.15, 0.2) is 17.1 Å². The number of aromatic nitrogens is 2. The Morgan fingerprint density at radius 3 is 2.79 bits per heavy atom. The van der Waals surface area contributed by atoms with Crippen molar-refractivity contribution in [3.8, 4) is 6.07 Å². The zero-order valence-electron chi connectivity index (χ0n) is 13.7. The molecular weight excluding hydrogens is 328 g/mol. The van der Waals surface area contributed by atoms with E-state index in [4.69, 9.17) is 16.3 Å². The number of hydrogen-bond acceptors (Lipinski definition) is 5. The number of nitrogens with one attached hydrogen (secondary N) is 1. The zero-order valence-corrected chi connectivity index (χ0v) is 14.5. The summed E-state index contributed by atoms with van der Waals surface area (Å²) in [5.41, 5.74) is 0.813. The summed E-state index contributed by atoms with van der Waals surface area (Å²) in [6.07, 6.45) is 4.16. The predicted octanol–water partition coefficient (Wildman–Crippen LogP) is 2.84. The van der Waals surface area contributed by atoms with E-state index >= 15 is 0 Å². The predicted molar refractivity (Wildman–Crippen MR) is 93.6 cm³/mol. The summed E-state index contributed by atoms with van der Waals surface area (Å²) in [6, 6.07) is 3.74. The van der Waals surface area contributed by atoms with Crippen molar-refractivity contribution < 1.29 is 4.74 Å². The van der Waals surface area contributed by atoms with Crippen LogP contribution in [0.2, 0.25) is 5.15 Å². The van der Waals surface area contributed by atoms with E-state index in [0.29, 0.717) is 16.4 Å². The molecule has 0 spiro atoms. The first-order valence-electron chi connectivity index (χ1n) is 7.95. The quantitative estimate of drug-likeness (QED) is 0.864. The Balaban J connectivity index is 2.11. The van der Waals surface area contributed by atoms with Crippen molar-refractivity contribution in [2.24, 2.45) is 0 Å². The topological polar surface area (TPSA) is 82.0 Å². The highest BCUT2D eigenvalue weighted by Crippen LogP contribution is 2.35. The lowest BCUT2D eigenvalue weighted by molar-refractivity contribution is -0.0322. The molecule has 126 valence electrons. The fourth-order valence-electron chi connectivity index (χ4n) is 3.42. The van der Waals surface area contributed by atoms with Crippen LogP contribution in [-0.4, -0.2) is 35.8 Å². The van der Waals surface area contributed by atoms with Gasteiger partial charge in [-0.15, -0.1) is 0 Å². The lowest BCUT2D eigenvalue weighted by Gasteiger charge is -2.41. The zero-order chi connectivity index (χ0) is 17.3. The lowest BCUT2D eigenvalue weighted by Crippen LogP contribution is -2.46. The number of hydrogen-bond donors (Lipinski definition) is 1. The number of pyridine rings is 2. The Morgan fingerprint density at radius 1 is 1.50 bits per heavy atom. The Morgan fingerprint density at radius 2 is 2.21 bits per heavy atom. The smallest absolute Gasteiger partial charge is 0.268 e. The first-order valence-corrected chi connectivity index (χ1v) is 8.33. The van der Waals surface area contributed by atoms with Gasteiger partial charge in [0.1, 0.15) is 16.8 Å². The molecule has 1 aliphatic rings. The van der Waals surface area contributed by atoms with E-state index in [1.807, 2.05) is 6.07 Å². The van der Waals surface area contributed by atoms with Crippen LogP contribution < -0.4 is 10.5 Å².